The molecule has 2 aromatic carbocycles. The predicted molar refractivity (Wildman–Crippen MR) is 136 cm³/mol. The Labute approximate surface area is 203 Å². The number of nitro benzene ring substituents is 1. The Morgan fingerprint density at radius 3 is 2.56 bits per heavy atom. The highest BCUT2D eigenvalue weighted by Crippen LogP contribution is 2.65. The lowest BCUT2D eigenvalue weighted by atomic mass is 9.69. The summed E-state index contributed by atoms with van der Waals surface area (Å²) in [5.74, 6) is 0.657. The van der Waals surface area contributed by atoms with E-state index in [4.69, 9.17) is 4.98 Å². The molecule has 2 aliphatic carbocycles. The number of aromatic nitrogens is 1. The summed E-state index contributed by atoms with van der Waals surface area (Å²) in [4.78, 5) is 28.7. The van der Waals surface area contributed by atoms with E-state index >= 15 is 0 Å². The minimum absolute atomic E-state index is 0.00185. The van der Waals surface area contributed by atoms with Gasteiger partial charge in [0.2, 0.25) is 5.91 Å². The number of para-hydroxylation sites is 1. The third-order valence-electron chi connectivity index (χ3n) is 8.49. The van der Waals surface area contributed by atoms with Crippen LogP contribution in [0.4, 0.5) is 5.69 Å². The summed E-state index contributed by atoms with van der Waals surface area (Å²) >= 11 is 1.56. The van der Waals surface area contributed by atoms with Gasteiger partial charge in [-0.15, -0.1) is 11.3 Å². The van der Waals surface area contributed by atoms with Gasteiger partial charge in [-0.1, -0.05) is 32.9 Å². The van der Waals surface area contributed by atoms with Crippen LogP contribution in [-0.4, -0.2) is 21.9 Å². The van der Waals surface area contributed by atoms with Crippen LogP contribution in [0.25, 0.3) is 21.9 Å². The van der Waals surface area contributed by atoms with E-state index in [9.17, 15) is 14.9 Å². The van der Waals surface area contributed by atoms with Crippen LogP contribution in [0.5, 0.6) is 0 Å². The van der Waals surface area contributed by atoms with Crippen LogP contribution in [0.2, 0.25) is 0 Å². The average Bonchev–Trinajstić information content (AvgIpc) is 3.38. The molecule has 1 amide bonds. The highest BCUT2D eigenvalue weighted by atomic mass is 32.1. The van der Waals surface area contributed by atoms with Gasteiger partial charge in [-0.25, -0.2) is 4.98 Å². The van der Waals surface area contributed by atoms with Crippen LogP contribution < -0.4 is 5.32 Å². The van der Waals surface area contributed by atoms with E-state index in [-0.39, 0.29) is 34.9 Å². The summed E-state index contributed by atoms with van der Waals surface area (Å²) in [5, 5.41) is 15.2. The maximum atomic E-state index is 13.3. The van der Waals surface area contributed by atoms with Crippen molar-refractivity contribution in [2.24, 2.45) is 16.7 Å². The van der Waals surface area contributed by atoms with Crippen LogP contribution in [-0.2, 0) is 4.79 Å². The predicted octanol–water partition coefficient (Wildman–Crippen LogP) is 6.47. The second-order valence-corrected chi connectivity index (χ2v) is 11.4. The Balaban J connectivity index is 1.42. The summed E-state index contributed by atoms with van der Waals surface area (Å²) in [6, 6.07) is 14.5. The SMILES string of the molecule is CC1(C)C2CCC1(C)C(NC(=O)C/C(=C/c1ccc([N+](=O)[O-])cc1)c1nc3ccccc3s1)C2. The molecule has 3 unspecified atom stereocenters. The van der Waals surface area contributed by atoms with E-state index in [1.54, 1.807) is 23.5 Å². The van der Waals surface area contributed by atoms with Crippen LogP contribution in [0, 0.1) is 26.9 Å². The van der Waals surface area contributed by atoms with Crippen molar-refractivity contribution in [3.8, 4) is 0 Å². The summed E-state index contributed by atoms with van der Waals surface area (Å²) in [6.45, 7) is 7.02. The second-order valence-electron chi connectivity index (χ2n) is 10.4. The van der Waals surface area contributed by atoms with Crippen molar-refractivity contribution >= 4 is 44.8 Å². The van der Waals surface area contributed by atoms with Crippen molar-refractivity contribution in [3.05, 3.63) is 69.2 Å². The van der Waals surface area contributed by atoms with Crippen molar-refractivity contribution in [1.82, 2.24) is 10.3 Å². The first-order valence-electron chi connectivity index (χ1n) is 11.8. The van der Waals surface area contributed by atoms with Gasteiger partial charge in [0.25, 0.3) is 5.69 Å². The number of amides is 1. The molecule has 2 fully saturated rings. The number of rotatable bonds is 6. The fourth-order valence-corrected chi connectivity index (χ4v) is 6.91. The first kappa shape index (κ1) is 22.7. The first-order valence-corrected chi connectivity index (χ1v) is 12.6. The molecule has 176 valence electrons. The summed E-state index contributed by atoms with van der Waals surface area (Å²) in [7, 11) is 0. The van der Waals surface area contributed by atoms with Gasteiger partial charge in [0, 0.05) is 18.2 Å². The third kappa shape index (κ3) is 3.82. The van der Waals surface area contributed by atoms with Crippen molar-refractivity contribution in [2.45, 2.75) is 52.5 Å². The third-order valence-corrected chi connectivity index (χ3v) is 9.61. The molecule has 0 spiro atoms. The molecule has 1 N–H and O–H groups in total. The van der Waals surface area contributed by atoms with E-state index in [2.05, 4.69) is 26.1 Å². The topological polar surface area (TPSA) is 85.1 Å². The van der Waals surface area contributed by atoms with Crippen molar-refractivity contribution in [1.29, 1.82) is 0 Å². The van der Waals surface area contributed by atoms with Crippen LogP contribution in [0.3, 0.4) is 0 Å². The van der Waals surface area contributed by atoms with E-state index in [1.165, 1.54) is 18.6 Å². The Hall–Kier alpha value is -3.06. The van der Waals surface area contributed by atoms with Crippen LogP contribution in [0.15, 0.2) is 48.5 Å². The number of fused-ring (bicyclic) bond motifs is 3. The fraction of sp³-hybridized carbons (Fsp3) is 0.407. The molecule has 0 saturated heterocycles. The molecule has 0 radical (unpaired) electrons. The largest absolute Gasteiger partial charge is 0.353 e. The zero-order valence-corrected chi connectivity index (χ0v) is 20.5. The summed E-state index contributed by atoms with van der Waals surface area (Å²) < 4.78 is 1.06. The normalized spacial score (nSPS) is 25.6. The monoisotopic (exact) mass is 475 g/mol. The second kappa shape index (κ2) is 8.31. The lowest BCUT2D eigenvalue weighted by Gasteiger charge is -2.39. The molecular formula is C27H29N3O3S. The zero-order chi connectivity index (χ0) is 24.1. The number of benzene rings is 2. The van der Waals surface area contributed by atoms with Crippen LogP contribution >= 0.6 is 11.3 Å². The van der Waals surface area contributed by atoms with Crippen LogP contribution in [0.1, 0.15) is 57.0 Å². The minimum Gasteiger partial charge on any atom is -0.353 e. The number of carbonyl (C=O) groups is 1. The highest BCUT2D eigenvalue weighted by molar-refractivity contribution is 7.19. The molecule has 2 aliphatic rings. The standard InChI is InChI=1S/C27H29N3O3S/c1-26(2)19-12-13-27(26,3)23(16-19)29-24(31)15-18(14-17-8-10-20(11-9-17)30(32)33)25-28-21-6-4-5-7-22(21)34-25/h4-11,14,19,23H,12-13,15-16H2,1-3H3,(H,29,31)/b18-14-. The molecule has 3 aromatic rings. The quantitative estimate of drug-likeness (QED) is 0.327. The molecule has 3 atom stereocenters. The van der Waals surface area contributed by atoms with Crippen molar-refractivity contribution in [3.63, 3.8) is 0 Å². The smallest absolute Gasteiger partial charge is 0.269 e. The average molecular weight is 476 g/mol. The molecule has 2 bridgehead atoms. The highest BCUT2D eigenvalue weighted by Gasteiger charge is 2.61. The number of nitrogens with one attached hydrogen (secondary N) is 1. The first-order chi connectivity index (χ1) is 16.2. The zero-order valence-electron chi connectivity index (χ0n) is 19.7. The molecule has 6 nitrogen and oxygen atoms in total. The molecule has 0 aliphatic heterocycles. The number of non-ortho nitro benzene ring substituents is 1. The molecule has 1 aromatic heterocycles. The molecule has 7 heteroatoms. The molecule has 1 heterocycles. The molecule has 5 rings (SSSR count). The number of nitro groups is 1. The van der Waals surface area contributed by atoms with Gasteiger partial charge >= 0.3 is 0 Å². The Morgan fingerprint density at radius 2 is 1.94 bits per heavy atom. The lowest BCUT2D eigenvalue weighted by Crippen LogP contribution is -2.46. The van der Waals surface area contributed by atoms with Gasteiger partial charge in [-0.2, -0.15) is 0 Å². The van der Waals surface area contributed by atoms with E-state index in [1.807, 2.05) is 30.3 Å². The van der Waals surface area contributed by atoms with Crippen molar-refractivity contribution in [2.75, 3.05) is 0 Å². The van der Waals surface area contributed by atoms with Gasteiger partial charge in [0.15, 0.2) is 0 Å². The Kier molecular flexibility index (Phi) is 5.55. The number of carbonyl (C=O) groups excluding carboxylic acids is 1. The maximum absolute atomic E-state index is 13.3. The minimum atomic E-state index is -0.410. The molecule has 34 heavy (non-hydrogen) atoms. The van der Waals surface area contributed by atoms with Crippen molar-refractivity contribution < 1.29 is 9.72 Å². The van der Waals surface area contributed by atoms with E-state index in [0.29, 0.717) is 5.92 Å². The summed E-state index contributed by atoms with van der Waals surface area (Å²) in [6.07, 6.45) is 5.57. The molecular weight excluding hydrogens is 446 g/mol. The van der Waals surface area contributed by atoms with Gasteiger partial charge in [-0.3, -0.25) is 14.9 Å². The van der Waals surface area contributed by atoms with Gasteiger partial charge in [0.05, 0.1) is 21.6 Å². The van der Waals surface area contributed by atoms with Gasteiger partial charge in [-0.05, 0) is 77.5 Å². The molecule has 2 saturated carbocycles. The maximum Gasteiger partial charge on any atom is 0.269 e. The lowest BCUT2D eigenvalue weighted by molar-refractivity contribution is -0.384. The number of hydrogen-bond acceptors (Lipinski definition) is 5. The summed E-state index contributed by atoms with van der Waals surface area (Å²) in [5.41, 5.74) is 2.92. The Bertz CT molecular complexity index is 1260. The Morgan fingerprint density at radius 1 is 1.21 bits per heavy atom. The van der Waals surface area contributed by atoms with E-state index in [0.717, 1.165) is 39.2 Å². The number of hydrogen-bond donors (Lipinski definition) is 1. The van der Waals surface area contributed by atoms with Gasteiger partial charge < -0.3 is 5.32 Å². The fourth-order valence-electron chi connectivity index (χ4n) is 5.93. The van der Waals surface area contributed by atoms with Gasteiger partial charge in [0.1, 0.15) is 5.01 Å². The van der Waals surface area contributed by atoms with E-state index < -0.39 is 4.92 Å². The number of nitrogens with zero attached hydrogens (tertiary/aromatic N) is 2. The number of thiazole rings is 1.